The van der Waals surface area contributed by atoms with Gasteiger partial charge in [-0.3, -0.25) is 4.90 Å². The van der Waals surface area contributed by atoms with Gasteiger partial charge in [-0.05, 0) is 63.9 Å². The van der Waals surface area contributed by atoms with E-state index in [1.807, 2.05) is 52.6 Å². The van der Waals surface area contributed by atoms with E-state index in [9.17, 15) is 9.18 Å². The summed E-state index contributed by atoms with van der Waals surface area (Å²) in [6.45, 7) is 10.4. The molecule has 0 atom stereocenters. The van der Waals surface area contributed by atoms with Crippen LogP contribution in [0.2, 0.25) is 0 Å². The van der Waals surface area contributed by atoms with Crippen LogP contribution < -0.4 is 9.64 Å². The van der Waals surface area contributed by atoms with Crippen LogP contribution in [0.3, 0.4) is 0 Å². The van der Waals surface area contributed by atoms with Gasteiger partial charge in [0.15, 0.2) is 0 Å². The van der Waals surface area contributed by atoms with Crippen LogP contribution in [0.25, 0.3) is 0 Å². The van der Waals surface area contributed by atoms with E-state index in [1.165, 1.54) is 17.0 Å². The number of benzene rings is 2. The number of ether oxygens (including phenoxy) is 2. The highest BCUT2D eigenvalue weighted by Gasteiger charge is 2.26. The van der Waals surface area contributed by atoms with Crippen molar-refractivity contribution in [3.63, 3.8) is 0 Å². The zero-order valence-electron chi connectivity index (χ0n) is 19.4. The second kappa shape index (κ2) is 10.3. The lowest BCUT2D eigenvalue weighted by Gasteiger charge is -2.29. The molecule has 0 bridgehead atoms. The molecule has 2 aromatic rings. The molecule has 0 saturated heterocycles. The van der Waals surface area contributed by atoms with Crippen molar-refractivity contribution in [3.05, 3.63) is 53.3 Å². The number of carbonyl (C=O) groups is 1. The fourth-order valence-electron chi connectivity index (χ4n) is 2.76. The van der Waals surface area contributed by atoms with Crippen LogP contribution >= 0.6 is 0 Å². The molecule has 0 spiro atoms. The number of rotatable bonds is 7. The number of aliphatic imine (C=N–C) groups is 1. The lowest BCUT2D eigenvalue weighted by atomic mass is 10.1. The summed E-state index contributed by atoms with van der Waals surface area (Å²) in [5, 5.41) is 0. The maximum atomic E-state index is 13.4. The zero-order valence-corrected chi connectivity index (χ0v) is 19.4. The van der Waals surface area contributed by atoms with Crippen LogP contribution in [0.4, 0.5) is 20.6 Å². The Morgan fingerprint density at radius 3 is 2.39 bits per heavy atom. The maximum Gasteiger partial charge on any atom is 0.415 e. The van der Waals surface area contributed by atoms with Crippen molar-refractivity contribution >= 4 is 23.8 Å². The second-order valence-electron chi connectivity index (χ2n) is 8.32. The smallest absolute Gasteiger partial charge is 0.415 e. The van der Waals surface area contributed by atoms with E-state index in [1.54, 1.807) is 31.6 Å². The van der Waals surface area contributed by atoms with E-state index >= 15 is 0 Å². The molecule has 0 aliphatic heterocycles. The first-order valence-corrected chi connectivity index (χ1v) is 10.2. The van der Waals surface area contributed by atoms with Crippen molar-refractivity contribution in [1.29, 1.82) is 0 Å². The number of aryl methyl sites for hydroxylation is 1. The monoisotopic (exact) mass is 429 g/mol. The lowest BCUT2D eigenvalue weighted by Crippen LogP contribution is -2.36. The number of carbonyl (C=O) groups excluding carboxylic acids is 1. The SMILES string of the molecule is CCN(C)C=Nc1cc(OC)c(N(Cc2ccc(F)cc2)C(=O)OC(C)(C)C)cc1C. The normalized spacial score (nSPS) is 11.5. The number of amides is 1. The average Bonchev–Trinajstić information content (AvgIpc) is 2.70. The highest BCUT2D eigenvalue weighted by atomic mass is 19.1. The zero-order chi connectivity index (χ0) is 23.2. The van der Waals surface area contributed by atoms with E-state index in [2.05, 4.69) is 4.99 Å². The van der Waals surface area contributed by atoms with Crippen molar-refractivity contribution in [2.24, 2.45) is 4.99 Å². The summed E-state index contributed by atoms with van der Waals surface area (Å²) in [6.07, 6.45) is 1.24. The van der Waals surface area contributed by atoms with Gasteiger partial charge in [-0.15, -0.1) is 0 Å². The third-order valence-electron chi connectivity index (χ3n) is 4.55. The fourth-order valence-corrected chi connectivity index (χ4v) is 2.76. The highest BCUT2D eigenvalue weighted by Crippen LogP contribution is 2.37. The first-order valence-electron chi connectivity index (χ1n) is 10.2. The van der Waals surface area contributed by atoms with Gasteiger partial charge in [0.25, 0.3) is 0 Å². The number of anilines is 1. The molecule has 1 amide bonds. The van der Waals surface area contributed by atoms with E-state index in [4.69, 9.17) is 9.47 Å². The minimum atomic E-state index is -0.671. The van der Waals surface area contributed by atoms with Gasteiger partial charge in [0.2, 0.25) is 0 Å². The molecule has 0 aliphatic rings. The molecular weight excluding hydrogens is 397 g/mol. The van der Waals surface area contributed by atoms with Gasteiger partial charge in [-0.2, -0.15) is 0 Å². The quantitative estimate of drug-likeness (QED) is 0.419. The first kappa shape index (κ1) is 24.2. The van der Waals surface area contributed by atoms with Crippen molar-refractivity contribution in [3.8, 4) is 5.75 Å². The number of methoxy groups -OCH3 is 1. The summed E-state index contributed by atoms with van der Waals surface area (Å²) in [5.74, 6) is 0.158. The van der Waals surface area contributed by atoms with Crippen molar-refractivity contribution in [1.82, 2.24) is 4.90 Å². The Labute approximate surface area is 184 Å². The standard InChI is InChI=1S/C24H32FN3O3/c1-8-27(6)16-26-20-14-22(30-7)21(13-17(20)2)28(23(29)31-24(3,4)5)15-18-9-11-19(25)12-10-18/h9-14,16H,8,15H2,1-7H3. The summed E-state index contributed by atoms with van der Waals surface area (Å²) < 4.78 is 24.6. The molecule has 0 aromatic heterocycles. The molecule has 0 unspecified atom stereocenters. The number of halogens is 1. The molecule has 6 nitrogen and oxygen atoms in total. The molecule has 168 valence electrons. The van der Waals surface area contributed by atoms with Gasteiger partial charge >= 0.3 is 6.09 Å². The average molecular weight is 430 g/mol. The number of hydrogen-bond acceptors (Lipinski definition) is 4. The summed E-state index contributed by atoms with van der Waals surface area (Å²) in [4.78, 5) is 21.1. The van der Waals surface area contributed by atoms with Crippen molar-refractivity contribution in [2.75, 3.05) is 25.6 Å². The molecule has 0 N–H and O–H groups in total. The van der Waals surface area contributed by atoms with Crippen molar-refractivity contribution < 1.29 is 18.7 Å². The van der Waals surface area contributed by atoms with Gasteiger partial charge in [-0.25, -0.2) is 14.2 Å². The Balaban J connectivity index is 2.50. The number of nitrogens with zero attached hydrogens (tertiary/aromatic N) is 3. The van der Waals surface area contributed by atoms with E-state index in [0.717, 1.165) is 23.4 Å². The van der Waals surface area contributed by atoms with Crippen LogP contribution in [0.5, 0.6) is 5.75 Å². The van der Waals surface area contributed by atoms with E-state index in [-0.39, 0.29) is 12.4 Å². The van der Waals surface area contributed by atoms with Crippen LogP contribution in [-0.4, -0.2) is 43.6 Å². The minimum Gasteiger partial charge on any atom is -0.494 e. The molecule has 0 radical (unpaired) electrons. The summed E-state index contributed by atoms with van der Waals surface area (Å²) in [6, 6.07) is 9.68. The lowest BCUT2D eigenvalue weighted by molar-refractivity contribution is 0.0576. The van der Waals surface area contributed by atoms with Gasteiger partial charge in [0, 0.05) is 19.7 Å². The molecule has 2 rings (SSSR count). The third-order valence-corrected chi connectivity index (χ3v) is 4.55. The Morgan fingerprint density at radius 2 is 1.84 bits per heavy atom. The molecule has 7 heteroatoms. The molecular formula is C24H32FN3O3. The van der Waals surface area contributed by atoms with Crippen molar-refractivity contribution in [2.45, 2.75) is 46.8 Å². The van der Waals surface area contributed by atoms with E-state index in [0.29, 0.717) is 11.4 Å². The van der Waals surface area contributed by atoms with Gasteiger partial charge in [0.1, 0.15) is 17.2 Å². The van der Waals surface area contributed by atoms with Crippen LogP contribution in [0.1, 0.15) is 38.8 Å². The molecule has 0 aliphatic carbocycles. The Morgan fingerprint density at radius 1 is 1.19 bits per heavy atom. The maximum absolute atomic E-state index is 13.4. The second-order valence-corrected chi connectivity index (χ2v) is 8.32. The van der Waals surface area contributed by atoms with E-state index < -0.39 is 11.7 Å². The molecule has 0 heterocycles. The Bertz CT molecular complexity index is 921. The molecule has 0 fully saturated rings. The van der Waals surface area contributed by atoms with Gasteiger partial charge in [0.05, 0.1) is 31.4 Å². The van der Waals surface area contributed by atoms with Gasteiger partial charge in [-0.1, -0.05) is 12.1 Å². The third kappa shape index (κ3) is 6.98. The fraction of sp³-hybridized carbons (Fsp3) is 0.417. The topological polar surface area (TPSA) is 54.4 Å². The Hall–Kier alpha value is -3.09. The summed E-state index contributed by atoms with van der Waals surface area (Å²) in [7, 11) is 3.49. The number of hydrogen-bond donors (Lipinski definition) is 0. The first-order chi connectivity index (χ1) is 14.5. The summed E-state index contributed by atoms with van der Waals surface area (Å²) in [5.41, 5.74) is 2.27. The highest BCUT2D eigenvalue weighted by molar-refractivity contribution is 5.91. The minimum absolute atomic E-state index is 0.201. The van der Waals surface area contributed by atoms with Crippen LogP contribution in [0, 0.1) is 12.7 Å². The van der Waals surface area contributed by atoms with Crippen LogP contribution in [-0.2, 0) is 11.3 Å². The summed E-state index contributed by atoms with van der Waals surface area (Å²) >= 11 is 0. The molecule has 31 heavy (non-hydrogen) atoms. The molecule has 2 aromatic carbocycles. The Kier molecular flexibility index (Phi) is 8.02. The predicted molar refractivity (Wildman–Crippen MR) is 123 cm³/mol. The predicted octanol–water partition coefficient (Wildman–Crippen LogP) is 5.70. The van der Waals surface area contributed by atoms with Gasteiger partial charge < -0.3 is 14.4 Å². The molecule has 0 saturated carbocycles. The van der Waals surface area contributed by atoms with Crippen LogP contribution in [0.15, 0.2) is 41.4 Å². The largest absolute Gasteiger partial charge is 0.494 e.